The monoisotopic (exact) mass is 415 g/mol. The molecule has 4 rings (SSSR count). The summed E-state index contributed by atoms with van der Waals surface area (Å²) in [5.74, 6) is 1.45. The lowest BCUT2D eigenvalue weighted by atomic mass is 10.2. The van der Waals surface area contributed by atoms with E-state index in [-0.39, 0.29) is 5.91 Å². The first-order chi connectivity index (χ1) is 15.0. The summed E-state index contributed by atoms with van der Waals surface area (Å²) in [5.41, 5.74) is 4.69. The van der Waals surface area contributed by atoms with Gasteiger partial charge >= 0.3 is 0 Å². The molecule has 1 aromatic heterocycles. The predicted molar refractivity (Wildman–Crippen MR) is 122 cm³/mol. The average molecular weight is 415 g/mol. The van der Waals surface area contributed by atoms with Crippen molar-refractivity contribution in [3.8, 4) is 17.1 Å². The number of aryl methyl sites for hydroxylation is 1. The number of hydrogen-bond donors (Lipinski definition) is 1. The zero-order valence-electron chi connectivity index (χ0n) is 17.8. The number of rotatable bonds is 7. The predicted octanol–water partition coefficient (Wildman–Crippen LogP) is 4.79. The van der Waals surface area contributed by atoms with Crippen LogP contribution >= 0.6 is 0 Å². The fourth-order valence-corrected chi connectivity index (χ4v) is 3.41. The number of amides is 1. The van der Waals surface area contributed by atoms with Crippen molar-refractivity contribution < 1.29 is 14.3 Å². The third-order valence-electron chi connectivity index (χ3n) is 5.20. The molecule has 0 aliphatic rings. The van der Waals surface area contributed by atoms with Gasteiger partial charge in [0, 0.05) is 18.3 Å². The van der Waals surface area contributed by atoms with E-state index in [1.165, 1.54) is 0 Å². The molecule has 0 radical (unpaired) electrons. The summed E-state index contributed by atoms with van der Waals surface area (Å²) < 4.78 is 13.0. The largest absolute Gasteiger partial charge is 0.497 e. The minimum absolute atomic E-state index is 0.196. The van der Waals surface area contributed by atoms with Crippen LogP contribution in [0.2, 0.25) is 0 Å². The van der Waals surface area contributed by atoms with Gasteiger partial charge in [0.15, 0.2) is 0 Å². The highest BCUT2D eigenvalue weighted by atomic mass is 16.5. The maximum atomic E-state index is 12.5. The molecule has 6 nitrogen and oxygen atoms in total. The normalized spacial score (nSPS) is 12.0. The molecule has 0 spiro atoms. The van der Waals surface area contributed by atoms with E-state index in [9.17, 15) is 4.79 Å². The van der Waals surface area contributed by atoms with Gasteiger partial charge in [-0.05, 0) is 61.0 Å². The van der Waals surface area contributed by atoms with Gasteiger partial charge in [0.2, 0.25) is 0 Å². The second-order valence-corrected chi connectivity index (χ2v) is 7.35. The van der Waals surface area contributed by atoms with Crippen LogP contribution in [0.3, 0.4) is 0 Å². The van der Waals surface area contributed by atoms with E-state index < -0.39 is 6.10 Å². The van der Waals surface area contributed by atoms with Crippen LogP contribution in [-0.4, -0.2) is 28.7 Å². The standard InChI is InChI=1S/C25H25N3O3/c1-17(31-16-18-7-6-8-21(15-18)30-3)25(29)26-20-13-11-19(12-14-20)24-27-22-9-4-5-10-23(22)28(24)2/h4-15,17H,16H2,1-3H3,(H,26,29). The molecule has 0 saturated carbocycles. The first-order valence-electron chi connectivity index (χ1n) is 10.1. The van der Waals surface area contributed by atoms with Crippen LogP contribution in [0.15, 0.2) is 72.8 Å². The van der Waals surface area contributed by atoms with Crippen molar-refractivity contribution in [1.82, 2.24) is 9.55 Å². The van der Waals surface area contributed by atoms with E-state index >= 15 is 0 Å². The number of hydrogen-bond acceptors (Lipinski definition) is 4. The Morgan fingerprint density at radius 2 is 1.84 bits per heavy atom. The lowest BCUT2D eigenvalue weighted by Gasteiger charge is -2.14. The van der Waals surface area contributed by atoms with Crippen LogP contribution in [0.25, 0.3) is 22.4 Å². The lowest BCUT2D eigenvalue weighted by molar-refractivity contribution is -0.127. The summed E-state index contributed by atoms with van der Waals surface area (Å²) >= 11 is 0. The minimum Gasteiger partial charge on any atom is -0.497 e. The first-order valence-corrected chi connectivity index (χ1v) is 10.1. The molecule has 1 unspecified atom stereocenters. The Balaban J connectivity index is 1.38. The van der Waals surface area contributed by atoms with Gasteiger partial charge in [0.1, 0.15) is 17.7 Å². The Morgan fingerprint density at radius 1 is 1.06 bits per heavy atom. The highest BCUT2D eigenvalue weighted by Gasteiger charge is 2.15. The second kappa shape index (κ2) is 9.02. The number of methoxy groups -OCH3 is 1. The van der Waals surface area contributed by atoms with E-state index in [1.54, 1.807) is 14.0 Å². The Kier molecular flexibility index (Phi) is 6.00. The topological polar surface area (TPSA) is 65.4 Å². The smallest absolute Gasteiger partial charge is 0.253 e. The Morgan fingerprint density at radius 3 is 2.58 bits per heavy atom. The second-order valence-electron chi connectivity index (χ2n) is 7.35. The Bertz CT molecular complexity index is 1200. The number of carbonyl (C=O) groups excluding carboxylic acids is 1. The molecular weight excluding hydrogens is 390 g/mol. The van der Waals surface area contributed by atoms with Crippen LogP contribution in [-0.2, 0) is 23.2 Å². The number of benzene rings is 3. The van der Waals surface area contributed by atoms with Crippen LogP contribution in [0.4, 0.5) is 5.69 Å². The van der Waals surface area contributed by atoms with Crippen LogP contribution in [0, 0.1) is 0 Å². The number of imidazole rings is 1. The third-order valence-corrected chi connectivity index (χ3v) is 5.20. The number of ether oxygens (including phenoxy) is 2. The first kappa shape index (κ1) is 20.6. The van der Waals surface area contributed by atoms with Crippen LogP contribution < -0.4 is 10.1 Å². The number of carbonyl (C=O) groups is 1. The van der Waals surface area contributed by atoms with Gasteiger partial charge in [-0.2, -0.15) is 0 Å². The van der Waals surface area contributed by atoms with E-state index in [1.807, 2.05) is 79.8 Å². The van der Waals surface area contributed by atoms with E-state index in [4.69, 9.17) is 14.5 Å². The number of aromatic nitrogens is 2. The molecular formula is C25H25N3O3. The molecule has 0 saturated heterocycles. The molecule has 1 atom stereocenters. The number of anilines is 1. The molecule has 3 aromatic carbocycles. The molecule has 4 aromatic rings. The van der Waals surface area contributed by atoms with Crippen LogP contribution in [0.1, 0.15) is 12.5 Å². The molecule has 0 fully saturated rings. The van der Waals surface area contributed by atoms with E-state index in [0.717, 1.165) is 33.7 Å². The number of para-hydroxylation sites is 2. The van der Waals surface area contributed by atoms with Gasteiger partial charge in [-0.25, -0.2) is 4.98 Å². The third kappa shape index (κ3) is 4.59. The quantitative estimate of drug-likeness (QED) is 0.471. The molecule has 6 heteroatoms. The Hall–Kier alpha value is -3.64. The van der Waals surface area contributed by atoms with Crippen molar-refractivity contribution in [3.05, 3.63) is 78.4 Å². The Labute approximate surface area is 181 Å². The van der Waals surface area contributed by atoms with Gasteiger partial charge in [-0.1, -0.05) is 24.3 Å². The molecule has 1 N–H and O–H groups in total. The summed E-state index contributed by atoms with van der Waals surface area (Å²) in [7, 11) is 3.62. The van der Waals surface area contributed by atoms with Gasteiger partial charge in [-0.3, -0.25) is 4.79 Å². The van der Waals surface area contributed by atoms with E-state index in [0.29, 0.717) is 12.3 Å². The fourth-order valence-electron chi connectivity index (χ4n) is 3.41. The van der Waals surface area contributed by atoms with Gasteiger partial charge in [0.25, 0.3) is 5.91 Å². The summed E-state index contributed by atoms with van der Waals surface area (Å²) in [6, 6.07) is 23.3. The molecule has 158 valence electrons. The zero-order chi connectivity index (χ0) is 21.8. The molecule has 0 aliphatic carbocycles. The van der Waals surface area contributed by atoms with E-state index in [2.05, 4.69) is 9.88 Å². The van der Waals surface area contributed by atoms with Crippen molar-refractivity contribution in [2.24, 2.45) is 7.05 Å². The van der Waals surface area contributed by atoms with Crippen molar-refractivity contribution in [2.75, 3.05) is 12.4 Å². The number of nitrogens with one attached hydrogen (secondary N) is 1. The summed E-state index contributed by atoms with van der Waals surface area (Å²) in [5, 5.41) is 2.90. The zero-order valence-corrected chi connectivity index (χ0v) is 17.8. The number of nitrogens with zero attached hydrogens (tertiary/aromatic N) is 2. The summed E-state index contributed by atoms with van der Waals surface area (Å²) in [4.78, 5) is 17.2. The lowest BCUT2D eigenvalue weighted by Crippen LogP contribution is -2.27. The summed E-state index contributed by atoms with van der Waals surface area (Å²) in [6.45, 7) is 2.07. The van der Waals surface area contributed by atoms with Gasteiger partial charge in [-0.15, -0.1) is 0 Å². The number of fused-ring (bicyclic) bond motifs is 1. The maximum absolute atomic E-state index is 12.5. The van der Waals surface area contributed by atoms with Crippen molar-refractivity contribution >= 4 is 22.6 Å². The molecule has 31 heavy (non-hydrogen) atoms. The highest BCUT2D eigenvalue weighted by Crippen LogP contribution is 2.25. The minimum atomic E-state index is -0.592. The summed E-state index contributed by atoms with van der Waals surface area (Å²) in [6.07, 6.45) is -0.592. The maximum Gasteiger partial charge on any atom is 0.253 e. The van der Waals surface area contributed by atoms with Gasteiger partial charge in [0.05, 0.1) is 24.8 Å². The van der Waals surface area contributed by atoms with Crippen LogP contribution in [0.5, 0.6) is 5.75 Å². The fraction of sp³-hybridized carbons (Fsp3) is 0.200. The average Bonchev–Trinajstić information content (AvgIpc) is 3.14. The molecule has 0 bridgehead atoms. The molecule has 1 amide bonds. The van der Waals surface area contributed by atoms with Crippen molar-refractivity contribution in [1.29, 1.82) is 0 Å². The van der Waals surface area contributed by atoms with Crippen molar-refractivity contribution in [3.63, 3.8) is 0 Å². The SMILES string of the molecule is COc1cccc(COC(C)C(=O)Nc2ccc(-c3nc4ccccc4n3C)cc2)c1. The van der Waals surface area contributed by atoms with Crippen molar-refractivity contribution in [2.45, 2.75) is 19.6 Å². The molecule has 1 heterocycles. The highest BCUT2D eigenvalue weighted by molar-refractivity contribution is 5.94. The van der Waals surface area contributed by atoms with Gasteiger partial charge < -0.3 is 19.4 Å². The molecule has 0 aliphatic heterocycles.